The number of aromatic nitrogens is 1. The van der Waals surface area contributed by atoms with Crippen LogP contribution in [-0.4, -0.2) is 18.1 Å². The number of hydrogen-bond acceptors (Lipinski definition) is 4. The van der Waals surface area contributed by atoms with Gasteiger partial charge in [0.25, 0.3) is 0 Å². The lowest BCUT2D eigenvalue weighted by Gasteiger charge is -2.00. The SMILES string of the molecule is COC(=O)c1cccc(-c2nc3cc(Cl)ccc3o2)c1. The van der Waals surface area contributed by atoms with Crippen molar-refractivity contribution in [3.8, 4) is 11.5 Å². The summed E-state index contributed by atoms with van der Waals surface area (Å²) in [5.41, 5.74) is 2.48. The van der Waals surface area contributed by atoms with E-state index < -0.39 is 5.97 Å². The van der Waals surface area contributed by atoms with E-state index in [1.54, 1.807) is 36.4 Å². The maximum atomic E-state index is 11.5. The minimum atomic E-state index is -0.397. The molecule has 0 saturated heterocycles. The van der Waals surface area contributed by atoms with Crippen molar-refractivity contribution in [1.29, 1.82) is 0 Å². The molecule has 3 aromatic rings. The van der Waals surface area contributed by atoms with Crippen molar-refractivity contribution in [2.24, 2.45) is 0 Å². The van der Waals surface area contributed by atoms with Gasteiger partial charge in [-0.15, -0.1) is 0 Å². The van der Waals surface area contributed by atoms with Gasteiger partial charge in [0.15, 0.2) is 5.58 Å². The highest BCUT2D eigenvalue weighted by molar-refractivity contribution is 6.31. The topological polar surface area (TPSA) is 52.3 Å². The fraction of sp³-hybridized carbons (Fsp3) is 0.0667. The first-order valence-corrected chi connectivity index (χ1v) is 6.30. The molecular formula is C15H10ClNO3. The number of halogens is 1. The fourth-order valence-corrected chi connectivity index (χ4v) is 2.09. The van der Waals surface area contributed by atoms with Crippen LogP contribution in [0.1, 0.15) is 10.4 Å². The maximum Gasteiger partial charge on any atom is 0.337 e. The van der Waals surface area contributed by atoms with E-state index in [-0.39, 0.29) is 0 Å². The van der Waals surface area contributed by atoms with Crippen LogP contribution in [0.15, 0.2) is 46.9 Å². The second-order valence-corrected chi connectivity index (χ2v) is 4.64. The first-order valence-electron chi connectivity index (χ1n) is 5.92. The molecular weight excluding hydrogens is 278 g/mol. The summed E-state index contributed by atoms with van der Waals surface area (Å²) in [6.07, 6.45) is 0. The molecule has 0 radical (unpaired) electrons. The number of benzene rings is 2. The van der Waals surface area contributed by atoms with Crippen LogP contribution in [0.3, 0.4) is 0 Å². The molecule has 1 heterocycles. The van der Waals surface area contributed by atoms with E-state index in [1.165, 1.54) is 7.11 Å². The molecule has 0 aliphatic carbocycles. The predicted molar refractivity (Wildman–Crippen MR) is 75.8 cm³/mol. The van der Waals surface area contributed by atoms with Crippen LogP contribution in [0.2, 0.25) is 5.02 Å². The van der Waals surface area contributed by atoms with Crippen molar-refractivity contribution in [2.75, 3.05) is 7.11 Å². The number of fused-ring (bicyclic) bond motifs is 1. The summed E-state index contributed by atoms with van der Waals surface area (Å²) in [5, 5.41) is 0.598. The molecule has 0 spiro atoms. The Bertz CT molecular complexity index is 795. The standard InChI is InChI=1S/C15H10ClNO3/c1-19-15(18)10-4-2-3-9(7-10)14-17-12-8-11(16)5-6-13(12)20-14/h2-8H,1H3. The summed E-state index contributed by atoms with van der Waals surface area (Å²) < 4.78 is 10.3. The van der Waals surface area contributed by atoms with Gasteiger partial charge in [0.05, 0.1) is 12.7 Å². The molecule has 3 rings (SSSR count). The summed E-state index contributed by atoms with van der Waals surface area (Å²) in [5.74, 6) is 0.0408. The van der Waals surface area contributed by atoms with E-state index >= 15 is 0 Å². The highest BCUT2D eigenvalue weighted by atomic mass is 35.5. The molecule has 100 valence electrons. The monoisotopic (exact) mass is 287 g/mol. The van der Waals surface area contributed by atoms with Crippen molar-refractivity contribution in [3.63, 3.8) is 0 Å². The van der Waals surface area contributed by atoms with Gasteiger partial charge in [-0.3, -0.25) is 0 Å². The zero-order chi connectivity index (χ0) is 14.1. The molecule has 0 N–H and O–H groups in total. The molecule has 5 heteroatoms. The molecule has 0 aliphatic heterocycles. The minimum Gasteiger partial charge on any atom is -0.465 e. The van der Waals surface area contributed by atoms with Crippen LogP contribution in [-0.2, 0) is 4.74 Å². The zero-order valence-corrected chi connectivity index (χ0v) is 11.3. The van der Waals surface area contributed by atoms with Gasteiger partial charge in [-0.05, 0) is 36.4 Å². The van der Waals surface area contributed by atoms with Gasteiger partial charge in [0.1, 0.15) is 5.52 Å². The lowest BCUT2D eigenvalue weighted by Crippen LogP contribution is -2.00. The summed E-state index contributed by atoms with van der Waals surface area (Å²) in [7, 11) is 1.34. The van der Waals surface area contributed by atoms with Crippen molar-refractivity contribution in [3.05, 3.63) is 53.1 Å². The number of hydrogen-bond donors (Lipinski definition) is 0. The Morgan fingerprint density at radius 2 is 2.10 bits per heavy atom. The van der Waals surface area contributed by atoms with Gasteiger partial charge in [-0.2, -0.15) is 0 Å². The second-order valence-electron chi connectivity index (χ2n) is 4.20. The van der Waals surface area contributed by atoms with Gasteiger partial charge in [-0.1, -0.05) is 17.7 Å². The van der Waals surface area contributed by atoms with Crippen LogP contribution in [0.4, 0.5) is 0 Å². The van der Waals surface area contributed by atoms with Gasteiger partial charge in [0.2, 0.25) is 5.89 Å². The van der Waals surface area contributed by atoms with Crippen LogP contribution >= 0.6 is 11.6 Å². The lowest BCUT2D eigenvalue weighted by molar-refractivity contribution is 0.0601. The Kier molecular flexibility index (Phi) is 3.16. The zero-order valence-electron chi connectivity index (χ0n) is 10.6. The number of ether oxygens (including phenoxy) is 1. The smallest absolute Gasteiger partial charge is 0.337 e. The molecule has 0 amide bonds. The number of oxazole rings is 1. The summed E-state index contributed by atoms with van der Waals surface area (Å²) >= 11 is 5.92. The number of rotatable bonds is 2. The fourth-order valence-electron chi connectivity index (χ4n) is 1.92. The van der Waals surface area contributed by atoms with Crippen LogP contribution in [0, 0.1) is 0 Å². The van der Waals surface area contributed by atoms with Gasteiger partial charge in [0, 0.05) is 10.6 Å². The molecule has 0 atom stereocenters. The quantitative estimate of drug-likeness (QED) is 0.670. The van der Waals surface area contributed by atoms with Crippen molar-refractivity contribution < 1.29 is 13.9 Å². The minimum absolute atomic E-state index is 0.397. The predicted octanol–water partition coefficient (Wildman–Crippen LogP) is 3.93. The maximum absolute atomic E-state index is 11.5. The summed E-state index contributed by atoms with van der Waals surface area (Å²) in [4.78, 5) is 15.9. The van der Waals surface area contributed by atoms with Crippen molar-refractivity contribution >= 4 is 28.7 Å². The van der Waals surface area contributed by atoms with Crippen LogP contribution in [0.5, 0.6) is 0 Å². The molecule has 0 saturated carbocycles. The van der Waals surface area contributed by atoms with E-state index in [0.717, 1.165) is 0 Å². The molecule has 2 aromatic carbocycles. The first-order chi connectivity index (χ1) is 9.67. The third kappa shape index (κ3) is 2.26. The van der Waals surface area contributed by atoms with Gasteiger partial charge in [-0.25, -0.2) is 9.78 Å². The van der Waals surface area contributed by atoms with Crippen molar-refractivity contribution in [2.45, 2.75) is 0 Å². The Morgan fingerprint density at radius 3 is 2.90 bits per heavy atom. The molecule has 0 unspecified atom stereocenters. The largest absolute Gasteiger partial charge is 0.465 e. The second kappa shape index (κ2) is 4.98. The molecule has 20 heavy (non-hydrogen) atoms. The molecule has 0 fully saturated rings. The summed E-state index contributed by atoms with van der Waals surface area (Å²) in [6, 6.07) is 12.2. The highest BCUT2D eigenvalue weighted by Gasteiger charge is 2.11. The van der Waals surface area contributed by atoms with Crippen LogP contribution in [0.25, 0.3) is 22.6 Å². The average Bonchev–Trinajstić information content (AvgIpc) is 2.89. The number of carbonyl (C=O) groups is 1. The van der Waals surface area contributed by atoms with E-state index in [1.807, 2.05) is 6.07 Å². The Morgan fingerprint density at radius 1 is 1.25 bits per heavy atom. The van der Waals surface area contributed by atoms with Crippen molar-refractivity contribution in [1.82, 2.24) is 4.98 Å². The van der Waals surface area contributed by atoms with E-state index in [0.29, 0.717) is 33.1 Å². The lowest BCUT2D eigenvalue weighted by atomic mass is 10.1. The van der Waals surface area contributed by atoms with E-state index in [9.17, 15) is 4.79 Å². The number of nitrogens with zero attached hydrogens (tertiary/aromatic N) is 1. The molecule has 0 aliphatic rings. The van der Waals surface area contributed by atoms with Gasteiger partial charge >= 0.3 is 5.97 Å². The number of methoxy groups -OCH3 is 1. The summed E-state index contributed by atoms with van der Waals surface area (Å²) in [6.45, 7) is 0. The molecule has 0 bridgehead atoms. The Hall–Kier alpha value is -2.33. The highest BCUT2D eigenvalue weighted by Crippen LogP contribution is 2.26. The molecule has 4 nitrogen and oxygen atoms in total. The first kappa shape index (κ1) is 12.7. The average molecular weight is 288 g/mol. The van der Waals surface area contributed by atoms with E-state index in [2.05, 4.69) is 4.98 Å². The Balaban J connectivity index is 2.08. The number of carbonyl (C=O) groups excluding carboxylic acids is 1. The number of esters is 1. The third-order valence-corrected chi connectivity index (χ3v) is 3.12. The normalized spacial score (nSPS) is 10.7. The Labute approximate surface area is 119 Å². The van der Waals surface area contributed by atoms with E-state index in [4.69, 9.17) is 20.8 Å². The third-order valence-electron chi connectivity index (χ3n) is 2.88. The van der Waals surface area contributed by atoms with Crippen LogP contribution < -0.4 is 0 Å². The molecule has 1 aromatic heterocycles. The van der Waals surface area contributed by atoms with Gasteiger partial charge < -0.3 is 9.15 Å².